The van der Waals surface area contributed by atoms with Crippen molar-refractivity contribution in [3.05, 3.63) is 63.1 Å². The van der Waals surface area contributed by atoms with Crippen molar-refractivity contribution < 1.29 is 5.11 Å². The van der Waals surface area contributed by atoms with E-state index >= 15 is 0 Å². The second kappa shape index (κ2) is 5.63. The Morgan fingerprint density at radius 3 is 2.48 bits per heavy atom. The van der Waals surface area contributed by atoms with E-state index in [1.807, 2.05) is 6.07 Å². The molecule has 0 radical (unpaired) electrons. The first-order valence-corrected chi connectivity index (χ1v) is 6.42. The number of aromatic nitrogens is 1. The number of phenols is 1. The van der Waals surface area contributed by atoms with Crippen molar-refractivity contribution in [2.75, 3.05) is 0 Å². The van der Waals surface area contributed by atoms with E-state index in [0.29, 0.717) is 17.0 Å². The molecule has 0 fully saturated rings. The average molecular weight is 281 g/mol. The molecule has 0 spiro atoms. The van der Waals surface area contributed by atoms with Crippen LogP contribution in [0, 0.1) is 25.2 Å². The highest BCUT2D eigenvalue weighted by Gasteiger charge is 2.10. The van der Waals surface area contributed by atoms with Crippen LogP contribution in [0.25, 0.3) is 0 Å². The monoisotopic (exact) mass is 281 g/mol. The molecule has 0 atom stereocenters. The van der Waals surface area contributed by atoms with Crippen molar-refractivity contribution in [1.82, 2.24) is 4.68 Å². The first-order chi connectivity index (χ1) is 9.93. The van der Waals surface area contributed by atoms with Gasteiger partial charge in [-0.2, -0.15) is 10.4 Å². The maximum Gasteiger partial charge on any atom is 0.289 e. The Kier molecular flexibility index (Phi) is 3.90. The summed E-state index contributed by atoms with van der Waals surface area (Å²) < 4.78 is 1.23. The van der Waals surface area contributed by atoms with Gasteiger partial charge in [-0.3, -0.25) is 4.79 Å². The highest BCUT2D eigenvalue weighted by Crippen LogP contribution is 2.11. The molecule has 0 aliphatic carbocycles. The van der Waals surface area contributed by atoms with E-state index in [9.17, 15) is 9.90 Å². The zero-order valence-electron chi connectivity index (χ0n) is 12.1. The Labute approximate surface area is 122 Å². The number of aryl methyl sites for hydroxylation is 2. The van der Waals surface area contributed by atoms with Gasteiger partial charge in [-0.15, -0.1) is 0 Å². The van der Waals surface area contributed by atoms with Crippen LogP contribution in [-0.4, -0.2) is 15.5 Å². The minimum atomic E-state index is -0.423. The molecule has 0 aliphatic rings. The number of rotatable bonds is 2. The summed E-state index contributed by atoms with van der Waals surface area (Å²) in [4.78, 5) is 12.3. The molecule has 5 heteroatoms. The summed E-state index contributed by atoms with van der Waals surface area (Å²) in [5.41, 5.74) is 2.39. The molecule has 1 aromatic carbocycles. The fraction of sp³-hybridized carbons (Fsp3) is 0.188. The van der Waals surface area contributed by atoms with Gasteiger partial charge in [0.1, 0.15) is 17.4 Å². The van der Waals surface area contributed by atoms with Crippen LogP contribution >= 0.6 is 0 Å². The molecule has 106 valence electrons. The quantitative estimate of drug-likeness (QED) is 0.858. The summed E-state index contributed by atoms with van der Waals surface area (Å²) >= 11 is 0. The largest absolute Gasteiger partial charge is 0.508 e. The summed E-state index contributed by atoms with van der Waals surface area (Å²) in [6.45, 7) is 5.27. The molecule has 1 N–H and O–H groups in total. The predicted molar refractivity (Wildman–Crippen MR) is 80.6 cm³/mol. The number of nitrogens with zero attached hydrogens (tertiary/aromatic N) is 3. The van der Waals surface area contributed by atoms with Crippen LogP contribution in [0.5, 0.6) is 5.75 Å². The van der Waals surface area contributed by atoms with Gasteiger partial charge in [-0.05, 0) is 62.2 Å². The molecule has 0 saturated heterocycles. The van der Waals surface area contributed by atoms with Gasteiger partial charge < -0.3 is 5.11 Å². The van der Waals surface area contributed by atoms with Crippen LogP contribution in [-0.2, 0) is 0 Å². The molecule has 2 aromatic rings. The van der Waals surface area contributed by atoms with Gasteiger partial charge >= 0.3 is 0 Å². The van der Waals surface area contributed by atoms with Crippen LogP contribution in [0.3, 0.4) is 0 Å². The van der Waals surface area contributed by atoms with E-state index in [4.69, 9.17) is 5.26 Å². The first kappa shape index (κ1) is 14.5. The lowest BCUT2D eigenvalue weighted by Crippen LogP contribution is -2.23. The standard InChI is InChI=1S/C16H15N3O2/c1-10-8-11(2)19(16(21)15(10)9-17)18-12(3)13-4-6-14(20)7-5-13/h4-8,20H,1-3H3. The van der Waals surface area contributed by atoms with E-state index in [1.165, 1.54) is 4.68 Å². The van der Waals surface area contributed by atoms with Crippen molar-refractivity contribution in [3.63, 3.8) is 0 Å². The molecule has 1 heterocycles. The smallest absolute Gasteiger partial charge is 0.289 e. The van der Waals surface area contributed by atoms with E-state index in [2.05, 4.69) is 5.10 Å². The zero-order valence-corrected chi connectivity index (χ0v) is 12.1. The fourth-order valence-electron chi connectivity index (χ4n) is 2.05. The Balaban J connectivity index is 2.58. The van der Waals surface area contributed by atoms with Crippen LogP contribution in [0.1, 0.15) is 29.3 Å². The molecule has 0 unspecified atom stereocenters. The van der Waals surface area contributed by atoms with Crippen molar-refractivity contribution in [1.29, 1.82) is 5.26 Å². The van der Waals surface area contributed by atoms with Crippen LogP contribution < -0.4 is 5.56 Å². The molecule has 2 rings (SSSR count). The maximum absolute atomic E-state index is 12.3. The van der Waals surface area contributed by atoms with Crippen LogP contribution in [0.4, 0.5) is 0 Å². The number of nitriles is 1. The second-order valence-electron chi connectivity index (χ2n) is 4.80. The minimum Gasteiger partial charge on any atom is -0.508 e. The third-order valence-electron chi connectivity index (χ3n) is 3.21. The summed E-state index contributed by atoms with van der Waals surface area (Å²) in [5.74, 6) is 0.169. The zero-order chi connectivity index (χ0) is 15.6. The van der Waals surface area contributed by atoms with Crippen molar-refractivity contribution in [3.8, 4) is 11.8 Å². The summed E-state index contributed by atoms with van der Waals surface area (Å²) in [6.07, 6.45) is 0. The van der Waals surface area contributed by atoms with E-state index in [1.54, 1.807) is 51.1 Å². The van der Waals surface area contributed by atoms with E-state index in [-0.39, 0.29) is 11.3 Å². The number of hydrogen-bond acceptors (Lipinski definition) is 4. The summed E-state index contributed by atoms with van der Waals surface area (Å²) in [5, 5.41) is 22.6. The second-order valence-corrected chi connectivity index (χ2v) is 4.80. The topological polar surface area (TPSA) is 78.4 Å². The highest BCUT2D eigenvalue weighted by molar-refractivity contribution is 5.98. The Morgan fingerprint density at radius 2 is 1.90 bits per heavy atom. The number of benzene rings is 1. The van der Waals surface area contributed by atoms with E-state index < -0.39 is 5.56 Å². The highest BCUT2D eigenvalue weighted by atomic mass is 16.3. The third kappa shape index (κ3) is 2.84. The molecular weight excluding hydrogens is 266 g/mol. The lowest BCUT2D eigenvalue weighted by atomic mass is 10.1. The SMILES string of the molecule is CC(=Nn1c(C)cc(C)c(C#N)c1=O)c1ccc(O)cc1. The first-order valence-electron chi connectivity index (χ1n) is 6.42. The average Bonchev–Trinajstić information content (AvgIpc) is 2.44. The third-order valence-corrected chi connectivity index (χ3v) is 3.21. The van der Waals surface area contributed by atoms with E-state index in [0.717, 1.165) is 5.56 Å². The molecule has 0 saturated carbocycles. The molecule has 0 bridgehead atoms. The number of phenolic OH excluding ortho intramolecular Hbond substituents is 1. The lowest BCUT2D eigenvalue weighted by Gasteiger charge is -2.08. The molecular formula is C16H15N3O2. The van der Waals surface area contributed by atoms with Gasteiger partial charge in [0, 0.05) is 5.69 Å². The minimum absolute atomic E-state index is 0.0999. The normalized spacial score (nSPS) is 11.2. The Hall–Kier alpha value is -2.87. The van der Waals surface area contributed by atoms with Gasteiger partial charge in [0.15, 0.2) is 0 Å². The van der Waals surface area contributed by atoms with Crippen molar-refractivity contribution >= 4 is 5.71 Å². The lowest BCUT2D eigenvalue weighted by molar-refractivity contribution is 0.475. The number of hydrogen-bond donors (Lipinski definition) is 1. The van der Waals surface area contributed by atoms with Gasteiger partial charge in [0.05, 0.1) is 5.71 Å². The van der Waals surface area contributed by atoms with Crippen molar-refractivity contribution in [2.24, 2.45) is 5.10 Å². The predicted octanol–water partition coefficient (Wildman–Crippen LogP) is 2.31. The van der Waals surface area contributed by atoms with Gasteiger partial charge in [-0.25, -0.2) is 4.68 Å². The molecule has 0 aliphatic heterocycles. The van der Waals surface area contributed by atoms with Gasteiger partial charge in [0.25, 0.3) is 5.56 Å². The number of pyridine rings is 1. The molecule has 21 heavy (non-hydrogen) atoms. The number of aromatic hydroxyl groups is 1. The maximum atomic E-state index is 12.3. The van der Waals surface area contributed by atoms with Gasteiger partial charge in [0.2, 0.25) is 0 Å². The van der Waals surface area contributed by atoms with Gasteiger partial charge in [-0.1, -0.05) is 0 Å². The summed E-state index contributed by atoms with van der Waals surface area (Å²) in [6, 6.07) is 10.2. The van der Waals surface area contributed by atoms with Crippen LogP contribution in [0.2, 0.25) is 0 Å². The molecule has 1 aromatic heterocycles. The Bertz CT molecular complexity index is 809. The fourth-order valence-corrected chi connectivity index (χ4v) is 2.05. The van der Waals surface area contributed by atoms with Crippen molar-refractivity contribution in [2.45, 2.75) is 20.8 Å². The molecule has 5 nitrogen and oxygen atoms in total. The molecule has 0 amide bonds. The summed E-state index contributed by atoms with van der Waals surface area (Å²) in [7, 11) is 0. The Morgan fingerprint density at radius 1 is 1.29 bits per heavy atom. The van der Waals surface area contributed by atoms with Crippen LogP contribution in [0.15, 0.2) is 40.2 Å².